The quantitative estimate of drug-likeness (QED) is 0.795. The number of hydrogen-bond acceptors (Lipinski definition) is 4. The average molecular weight is 307 g/mol. The number of hydrogen-bond donors (Lipinski definition) is 1. The molecule has 0 spiro atoms. The number of nitrogens with zero attached hydrogens (tertiary/aromatic N) is 2. The van der Waals surface area contributed by atoms with Crippen LogP contribution in [-0.2, 0) is 11.2 Å². The maximum absolute atomic E-state index is 5.07. The number of benzene rings is 1. The van der Waals surface area contributed by atoms with Crippen molar-refractivity contribution in [1.82, 2.24) is 10.2 Å². The standard InChI is InChI=1S/C16H25N3OS/c1-19(10-11-20-2)9-8-17-16-18-15(13-21-16)12-14-6-4-3-5-7-14/h3-7,15H,8-13H2,1-2H3,(H,17,18). The molecule has 1 aliphatic rings. The molecule has 1 saturated heterocycles. The number of aliphatic imine (C=N–C) groups is 1. The van der Waals surface area contributed by atoms with Gasteiger partial charge in [0.05, 0.1) is 13.2 Å². The molecule has 1 atom stereocenters. The van der Waals surface area contributed by atoms with Crippen LogP contribution >= 0.6 is 11.8 Å². The first-order valence-corrected chi connectivity index (χ1v) is 8.41. The molecule has 0 saturated carbocycles. The highest BCUT2D eigenvalue weighted by atomic mass is 32.2. The Morgan fingerprint density at radius 1 is 1.33 bits per heavy atom. The molecule has 116 valence electrons. The van der Waals surface area contributed by atoms with Crippen LogP contribution in [0.25, 0.3) is 0 Å². The second-order valence-electron chi connectivity index (χ2n) is 5.32. The van der Waals surface area contributed by atoms with Crippen molar-refractivity contribution in [2.45, 2.75) is 12.5 Å². The van der Waals surface area contributed by atoms with E-state index in [1.54, 1.807) is 7.11 Å². The van der Waals surface area contributed by atoms with Crippen molar-refractivity contribution in [3.05, 3.63) is 35.9 Å². The second-order valence-corrected chi connectivity index (χ2v) is 6.33. The SMILES string of the molecule is COCCN(C)CCN=C1NC(Cc2ccccc2)CS1. The summed E-state index contributed by atoms with van der Waals surface area (Å²) >= 11 is 1.83. The summed E-state index contributed by atoms with van der Waals surface area (Å²) in [6.07, 6.45) is 1.07. The third kappa shape index (κ3) is 6.08. The Balaban J connectivity index is 1.68. The first kappa shape index (κ1) is 16.3. The van der Waals surface area contributed by atoms with E-state index in [-0.39, 0.29) is 0 Å². The van der Waals surface area contributed by atoms with Crippen LogP contribution < -0.4 is 5.32 Å². The van der Waals surface area contributed by atoms with Crippen molar-refractivity contribution >= 4 is 16.9 Å². The van der Waals surface area contributed by atoms with Crippen LogP contribution in [0.3, 0.4) is 0 Å². The first-order chi connectivity index (χ1) is 10.3. The molecule has 4 nitrogen and oxygen atoms in total. The van der Waals surface area contributed by atoms with Gasteiger partial charge in [-0.2, -0.15) is 0 Å². The molecule has 1 N–H and O–H groups in total. The second kappa shape index (κ2) is 9.07. The van der Waals surface area contributed by atoms with Gasteiger partial charge in [0.25, 0.3) is 0 Å². The molecule has 1 aromatic carbocycles. The maximum atomic E-state index is 5.07. The zero-order chi connectivity index (χ0) is 14.9. The van der Waals surface area contributed by atoms with Gasteiger partial charge >= 0.3 is 0 Å². The topological polar surface area (TPSA) is 36.9 Å². The van der Waals surface area contributed by atoms with Gasteiger partial charge in [-0.15, -0.1) is 0 Å². The van der Waals surface area contributed by atoms with E-state index in [1.165, 1.54) is 5.56 Å². The summed E-state index contributed by atoms with van der Waals surface area (Å²) in [5, 5.41) is 4.62. The number of amidine groups is 1. The molecule has 0 bridgehead atoms. The summed E-state index contributed by atoms with van der Waals surface area (Å²) in [4.78, 5) is 6.89. The van der Waals surface area contributed by atoms with Gasteiger partial charge in [-0.1, -0.05) is 42.1 Å². The molecule has 1 unspecified atom stereocenters. The molecule has 0 radical (unpaired) electrons. The molecule has 1 aliphatic heterocycles. The van der Waals surface area contributed by atoms with E-state index in [1.807, 2.05) is 11.8 Å². The number of ether oxygens (including phenoxy) is 1. The van der Waals surface area contributed by atoms with E-state index in [9.17, 15) is 0 Å². The summed E-state index contributed by atoms with van der Waals surface area (Å²) in [7, 11) is 3.84. The highest BCUT2D eigenvalue weighted by molar-refractivity contribution is 8.14. The zero-order valence-electron chi connectivity index (χ0n) is 12.9. The maximum Gasteiger partial charge on any atom is 0.156 e. The number of methoxy groups -OCH3 is 1. The molecule has 21 heavy (non-hydrogen) atoms. The fourth-order valence-electron chi connectivity index (χ4n) is 2.22. The van der Waals surface area contributed by atoms with E-state index in [0.29, 0.717) is 6.04 Å². The van der Waals surface area contributed by atoms with Crippen LogP contribution in [0.4, 0.5) is 0 Å². The monoisotopic (exact) mass is 307 g/mol. The Hall–Kier alpha value is -1.04. The van der Waals surface area contributed by atoms with E-state index >= 15 is 0 Å². The minimum Gasteiger partial charge on any atom is -0.383 e. The van der Waals surface area contributed by atoms with E-state index in [2.05, 4.69) is 52.6 Å². The third-order valence-electron chi connectivity index (χ3n) is 3.49. The van der Waals surface area contributed by atoms with E-state index in [4.69, 9.17) is 4.74 Å². The highest BCUT2D eigenvalue weighted by Crippen LogP contribution is 2.17. The van der Waals surface area contributed by atoms with Gasteiger partial charge in [0.15, 0.2) is 5.17 Å². The molecular formula is C16H25N3OS. The molecule has 5 heteroatoms. The van der Waals surface area contributed by atoms with Crippen molar-refractivity contribution in [2.24, 2.45) is 4.99 Å². The Labute approximate surface area is 132 Å². The molecule has 0 aromatic heterocycles. The van der Waals surface area contributed by atoms with Crippen LogP contribution in [0, 0.1) is 0 Å². The van der Waals surface area contributed by atoms with Gasteiger partial charge in [-0.25, -0.2) is 0 Å². The lowest BCUT2D eigenvalue weighted by atomic mass is 10.1. The molecule has 0 amide bonds. The lowest BCUT2D eigenvalue weighted by molar-refractivity contribution is 0.163. The number of thioether (sulfide) groups is 1. The van der Waals surface area contributed by atoms with Crippen LogP contribution in [0.15, 0.2) is 35.3 Å². The van der Waals surface area contributed by atoms with E-state index in [0.717, 1.165) is 43.6 Å². The van der Waals surface area contributed by atoms with Gasteiger partial charge in [0.1, 0.15) is 0 Å². The smallest absolute Gasteiger partial charge is 0.156 e. The van der Waals surface area contributed by atoms with Gasteiger partial charge in [0.2, 0.25) is 0 Å². The summed E-state index contributed by atoms with van der Waals surface area (Å²) in [5.74, 6) is 1.10. The summed E-state index contributed by atoms with van der Waals surface area (Å²) in [5.41, 5.74) is 1.39. The van der Waals surface area contributed by atoms with Crippen LogP contribution in [-0.4, -0.2) is 62.3 Å². The fourth-order valence-corrected chi connectivity index (χ4v) is 3.21. The summed E-state index contributed by atoms with van der Waals surface area (Å²) in [6, 6.07) is 11.1. The number of likely N-dealkylation sites (N-methyl/N-ethyl adjacent to an activating group) is 1. The normalized spacial score (nSPS) is 20.1. The number of rotatable bonds is 8. The Morgan fingerprint density at radius 3 is 2.90 bits per heavy atom. The minimum atomic E-state index is 0.502. The Kier molecular flexibility index (Phi) is 7.06. The first-order valence-electron chi connectivity index (χ1n) is 7.43. The predicted molar refractivity (Wildman–Crippen MR) is 91.2 cm³/mol. The van der Waals surface area contributed by atoms with Crippen LogP contribution in [0.2, 0.25) is 0 Å². The van der Waals surface area contributed by atoms with Crippen LogP contribution in [0.5, 0.6) is 0 Å². The lowest BCUT2D eigenvalue weighted by Gasteiger charge is -2.14. The summed E-state index contributed by atoms with van der Waals surface area (Å²) in [6.45, 7) is 3.55. The zero-order valence-corrected chi connectivity index (χ0v) is 13.7. The fraction of sp³-hybridized carbons (Fsp3) is 0.562. The molecular weight excluding hydrogens is 282 g/mol. The average Bonchev–Trinajstić information content (AvgIpc) is 2.93. The van der Waals surface area contributed by atoms with Gasteiger partial charge in [-0.05, 0) is 19.0 Å². The van der Waals surface area contributed by atoms with Gasteiger partial charge < -0.3 is 15.0 Å². The van der Waals surface area contributed by atoms with Crippen LogP contribution in [0.1, 0.15) is 5.56 Å². The predicted octanol–water partition coefficient (Wildman–Crippen LogP) is 1.87. The minimum absolute atomic E-state index is 0.502. The molecule has 1 heterocycles. The molecule has 1 fully saturated rings. The summed E-state index contributed by atoms with van der Waals surface area (Å²) < 4.78 is 5.07. The molecule has 2 rings (SSSR count). The number of nitrogens with one attached hydrogen (secondary N) is 1. The Bertz CT molecular complexity index is 438. The largest absolute Gasteiger partial charge is 0.383 e. The third-order valence-corrected chi connectivity index (χ3v) is 4.58. The van der Waals surface area contributed by atoms with Crippen molar-refractivity contribution in [3.8, 4) is 0 Å². The van der Waals surface area contributed by atoms with Crippen molar-refractivity contribution in [2.75, 3.05) is 46.2 Å². The Morgan fingerprint density at radius 2 is 2.14 bits per heavy atom. The molecule has 0 aliphatic carbocycles. The highest BCUT2D eigenvalue weighted by Gasteiger charge is 2.20. The van der Waals surface area contributed by atoms with Crippen molar-refractivity contribution in [1.29, 1.82) is 0 Å². The van der Waals surface area contributed by atoms with Crippen molar-refractivity contribution in [3.63, 3.8) is 0 Å². The molecule has 1 aromatic rings. The lowest BCUT2D eigenvalue weighted by Crippen LogP contribution is -2.30. The van der Waals surface area contributed by atoms with E-state index < -0.39 is 0 Å². The van der Waals surface area contributed by atoms with Gasteiger partial charge in [-0.3, -0.25) is 4.99 Å². The van der Waals surface area contributed by atoms with Crippen molar-refractivity contribution < 1.29 is 4.74 Å². The van der Waals surface area contributed by atoms with Gasteiger partial charge in [0, 0.05) is 32.0 Å².